The first kappa shape index (κ1) is 31.4. The number of aromatic nitrogens is 1. The largest absolute Gasteiger partial charge is 0.348 e. The van der Waals surface area contributed by atoms with Gasteiger partial charge in [-0.05, 0) is 66.3 Å². The number of amides is 3. The number of halogens is 1. The molecule has 3 amide bonds. The highest BCUT2D eigenvalue weighted by Gasteiger charge is 2.43. The number of pyridine rings is 1. The lowest BCUT2D eigenvalue weighted by atomic mass is 9.83. The summed E-state index contributed by atoms with van der Waals surface area (Å²) in [6.07, 6.45) is 1.62. The summed E-state index contributed by atoms with van der Waals surface area (Å²) in [5.74, 6) is -0.955. The Kier molecular flexibility index (Phi) is 8.61. The topological polar surface area (TPSA) is 120 Å². The van der Waals surface area contributed by atoms with Crippen molar-refractivity contribution >= 4 is 54.4 Å². The van der Waals surface area contributed by atoms with Crippen LogP contribution in [0.1, 0.15) is 30.9 Å². The van der Waals surface area contributed by atoms with Crippen LogP contribution in [0.15, 0.2) is 68.8 Å². The molecule has 3 aromatic rings. The molecule has 3 atom stereocenters. The van der Waals surface area contributed by atoms with Crippen molar-refractivity contribution in [1.82, 2.24) is 23.6 Å². The number of likely N-dealkylation sites (tertiary alicyclic amines) is 2. The molecular formula is C32H36BrN5O6S. The van der Waals surface area contributed by atoms with Crippen molar-refractivity contribution in [2.45, 2.75) is 42.7 Å². The van der Waals surface area contributed by atoms with Gasteiger partial charge in [0.2, 0.25) is 27.7 Å². The van der Waals surface area contributed by atoms with Crippen LogP contribution in [0.25, 0.3) is 10.8 Å². The van der Waals surface area contributed by atoms with Crippen LogP contribution >= 0.6 is 15.9 Å². The van der Waals surface area contributed by atoms with E-state index in [-0.39, 0.29) is 41.2 Å². The summed E-state index contributed by atoms with van der Waals surface area (Å²) in [7, 11) is -1.20. The molecule has 3 aliphatic rings. The quantitative estimate of drug-likeness (QED) is 0.374. The Labute approximate surface area is 270 Å². The van der Waals surface area contributed by atoms with Gasteiger partial charge in [0.05, 0.1) is 18.0 Å². The van der Waals surface area contributed by atoms with E-state index < -0.39 is 34.4 Å². The van der Waals surface area contributed by atoms with Gasteiger partial charge < -0.3 is 19.3 Å². The van der Waals surface area contributed by atoms with E-state index in [1.165, 1.54) is 30.0 Å². The maximum atomic E-state index is 14.1. The Hall–Kier alpha value is -3.55. The third-order valence-corrected chi connectivity index (χ3v) is 11.5. The van der Waals surface area contributed by atoms with Gasteiger partial charge in [0.1, 0.15) is 6.04 Å². The molecule has 2 bridgehead atoms. The van der Waals surface area contributed by atoms with E-state index in [4.69, 9.17) is 0 Å². The van der Waals surface area contributed by atoms with Crippen molar-refractivity contribution in [3.05, 3.63) is 75.1 Å². The standard InChI is InChI=1S/C32H36BrN5O6S/c1-34(2)30(40)20-38(45(43,44)26-11-9-22-14-25(33)10-8-23(22)15-26)28-6-4-12-35(32(28)42)19-31(41)36-16-21-13-24(18-36)27-5-3-7-29(39)37(27)17-21/h3,5,7-11,14-15,21,24,28H,4,6,12-13,16-20H2,1-2H3/t21-,24+,28-/m0/s1. The molecule has 0 unspecified atom stereocenters. The third-order valence-electron chi connectivity index (χ3n) is 9.18. The minimum atomic E-state index is -4.28. The molecule has 0 saturated carbocycles. The van der Waals surface area contributed by atoms with Crippen LogP contribution in [0.5, 0.6) is 0 Å². The van der Waals surface area contributed by atoms with Crippen LogP contribution in [-0.2, 0) is 31.0 Å². The minimum absolute atomic E-state index is 0.0101. The number of rotatable bonds is 7. The van der Waals surface area contributed by atoms with Crippen molar-refractivity contribution in [3.63, 3.8) is 0 Å². The Morgan fingerprint density at radius 3 is 2.51 bits per heavy atom. The second-order valence-electron chi connectivity index (χ2n) is 12.4. The van der Waals surface area contributed by atoms with Gasteiger partial charge in [-0.1, -0.05) is 34.1 Å². The van der Waals surface area contributed by atoms with Gasteiger partial charge in [-0.2, -0.15) is 4.31 Å². The van der Waals surface area contributed by atoms with Gasteiger partial charge in [0, 0.05) is 62.4 Å². The number of carbonyl (C=O) groups is 3. The lowest BCUT2D eigenvalue weighted by Gasteiger charge is -2.43. The smallest absolute Gasteiger partial charge is 0.250 e. The van der Waals surface area contributed by atoms with Crippen LogP contribution in [-0.4, -0.2) is 103 Å². The van der Waals surface area contributed by atoms with Gasteiger partial charge >= 0.3 is 0 Å². The van der Waals surface area contributed by atoms with E-state index in [0.717, 1.165) is 26.3 Å². The average Bonchev–Trinajstić information content (AvgIpc) is 3.01. The zero-order valence-electron chi connectivity index (χ0n) is 25.3. The fraction of sp³-hybridized carbons (Fsp3) is 0.438. The van der Waals surface area contributed by atoms with Crippen molar-refractivity contribution < 1.29 is 22.8 Å². The van der Waals surface area contributed by atoms with E-state index in [0.29, 0.717) is 38.0 Å². The highest BCUT2D eigenvalue weighted by Crippen LogP contribution is 2.35. The van der Waals surface area contributed by atoms with E-state index in [1.54, 1.807) is 39.8 Å². The first-order chi connectivity index (χ1) is 21.4. The lowest BCUT2D eigenvalue weighted by molar-refractivity contribution is -0.146. The SMILES string of the molecule is CN(C)C(=O)CN([C@H]1CCCN(CC(=O)N2C[C@@H]3C[C@H](C2)c2cccc(=O)n2C3)C1=O)S(=O)(=O)c1ccc2cc(Br)ccc2c1. The number of hydrogen-bond donors (Lipinski definition) is 0. The molecule has 238 valence electrons. The first-order valence-corrected chi connectivity index (χ1v) is 17.3. The Bertz CT molecular complexity index is 1840. The van der Waals surface area contributed by atoms with Crippen molar-refractivity contribution in [3.8, 4) is 0 Å². The maximum absolute atomic E-state index is 14.1. The minimum Gasteiger partial charge on any atom is -0.348 e. The fourth-order valence-electron chi connectivity index (χ4n) is 6.84. The molecule has 13 heteroatoms. The second kappa shape index (κ2) is 12.3. The van der Waals surface area contributed by atoms with Crippen molar-refractivity contribution in [1.29, 1.82) is 0 Å². The Balaban J connectivity index is 1.23. The molecule has 2 aromatic carbocycles. The van der Waals surface area contributed by atoms with E-state index in [9.17, 15) is 27.6 Å². The maximum Gasteiger partial charge on any atom is 0.250 e. The summed E-state index contributed by atoms with van der Waals surface area (Å²) < 4.78 is 31.9. The van der Waals surface area contributed by atoms with E-state index in [1.807, 2.05) is 18.2 Å². The summed E-state index contributed by atoms with van der Waals surface area (Å²) >= 11 is 3.43. The zero-order valence-corrected chi connectivity index (χ0v) is 27.7. The molecule has 3 aliphatic heterocycles. The lowest BCUT2D eigenvalue weighted by Crippen LogP contribution is -2.58. The molecule has 45 heavy (non-hydrogen) atoms. The molecule has 4 heterocycles. The summed E-state index contributed by atoms with van der Waals surface area (Å²) in [6.45, 7) is 1.16. The molecule has 2 saturated heterocycles. The number of hydrogen-bond acceptors (Lipinski definition) is 6. The average molecular weight is 699 g/mol. The molecule has 0 spiro atoms. The number of sulfonamides is 1. The fourth-order valence-corrected chi connectivity index (χ4v) is 8.81. The number of piperidine rings is 2. The summed E-state index contributed by atoms with van der Waals surface area (Å²) in [4.78, 5) is 57.3. The molecule has 0 aliphatic carbocycles. The number of fused-ring (bicyclic) bond motifs is 5. The Morgan fingerprint density at radius 2 is 1.73 bits per heavy atom. The van der Waals surface area contributed by atoms with Gasteiger partial charge in [0.15, 0.2) is 0 Å². The second-order valence-corrected chi connectivity index (χ2v) is 15.2. The third kappa shape index (κ3) is 6.17. The predicted molar refractivity (Wildman–Crippen MR) is 172 cm³/mol. The number of likely N-dealkylation sites (N-methyl/N-ethyl adjacent to an activating group) is 1. The Morgan fingerprint density at radius 1 is 0.978 bits per heavy atom. The molecular weight excluding hydrogens is 662 g/mol. The number of carbonyl (C=O) groups excluding carboxylic acids is 3. The summed E-state index contributed by atoms with van der Waals surface area (Å²) in [6, 6.07) is 14.4. The van der Waals surface area contributed by atoms with Crippen molar-refractivity contribution in [2.24, 2.45) is 5.92 Å². The molecule has 2 fully saturated rings. The van der Waals surface area contributed by atoms with Gasteiger partial charge in [0.25, 0.3) is 5.56 Å². The molecule has 1 aromatic heterocycles. The van der Waals surface area contributed by atoms with Gasteiger partial charge in [-0.25, -0.2) is 8.42 Å². The van der Waals surface area contributed by atoms with Crippen LogP contribution in [0.3, 0.4) is 0 Å². The van der Waals surface area contributed by atoms with Crippen molar-refractivity contribution in [2.75, 3.05) is 46.8 Å². The normalized spacial score (nSPS) is 21.6. The predicted octanol–water partition coefficient (Wildman–Crippen LogP) is 2.48. The highest BCUT2D eigenvalue weighted by atomic mass is 79.9. The zero-order chi connectivity index (χ0) is 32.0. The van der Waals surface area contributed by atoms with Gasteiger partial charge in [-0.3, -0.25) is 19.2 Å². The number of benzene rings is 2. The summed E-state index contributed by atoms with van der Waals surface area (Å²) in [5.41, 5.74) is 0.897. The van der Waals surface area contributed by atoms with E-state index >= 15 is 0 Å². The van der Waals surface area contributed by atoms with Crippen LogP contribution in [0.2, 0.25) is 0 Å². The first-order valence-electron chi connectivity index (χ1n) is 15.1. The molecule has 11 nitrogen and oxygen atoms in total. The molecule has 0 N–H and O–H groups in total. The molecule has 6 rings (SSSR count). The molecule has 0 radical (unpaired) electrons. The van der Waals surface area contributed by atoms with Gasteiger partial charge in [-0.15, -0.1) is 0 Å². The number of nitrogens with zero attached hydrogens (tertiary/aromatic N) is 5. The highest BCUT2D eigenvalue weighted by molar-refractivity contribution is 9.10. The van der Waals surface area contributed by atoms with Crippen LogP contribution in [0.4, 0.5) is 0 Å². The van der Waals surface area contributed by atoms with Crippen LogP contribution < -0.4 is 5.56 Å². The monoisotopic (exact) mass is 697 g/mol. The summed E-state index contributed by atoms with van der Waals surface area (Å²) in [5, 5.41) is 1.55. The van der Waals surface area contributed by atoms with E-state index in [2.05, 4.69) is 15.9 Å². The van der Waals surface area contributed by atoms with Crippen LogP contribution in [0, 0.1) is 5.92 Å².